The van der Waals surface area contributed by atoms with Gasteiger partial charge < -0.3 is 14.6 Å². The Morgan fingerprint density at radius 3 is 2.78 bits per heavy atom. The second-order valence-electron chi connectivity index (χ2n) is 6.40. The van der Waals surface area contributed by atoms with E-state index in [4.69, 9.17) is 4.74 Å². The van der Waals surface area contributed by atoms with Gasteiger partial charge >= 0.3 is 0 Å². The molecule has 3 nitrogen and oxygen atoms in total. The van der Waals surface area contributed by atoms with E-state index in [1.165, 1.54) is 18.5 Å². The zero-order valence-electron chi connectivity index (χ0n) is 12.1. The molecule has 0 amide bonds. The Balaban J connectivity index is 1.91. The minimum Gasteiger partial charge on any atom is -0.373 e. The van der Waals surface area contributed by atoms with Gasteiger partial charge in [-0.15, -0.1) is 0 Å². The van der Waals surface area contributed by atoms with E-state index in [0.29, 0.717) is 12.2 Å². The number of rotatable bonds is 4. The predicted octanol–water partition coefficient (Wildman–Crippen LogP) is 2.94. The normalized spacial score (nSPS) is 24.7. The number of aromatic nitrogens is 1. The Hall–Kier alpha value is -0.800. The standard InChI is InChI=1S/C15H26N2O/c1-12-7-8-14(18-12)11-17-9-5-6-13(17)10-16-15(2,3)4/h5-6,9,12,14,16H,7-8,10-11H2,1-4H3. The van der Waals surface area contributed by atoms with E-state index in [9.17, 15) is 0 Å². The van der Waals surface area contributed by atoms with Crippen molar-refractivity contribution in [3.63, 3.8) is 0 Å². The molecule has 2 heterocycles. The molecule has 3 heteroatoms. The average Bonchev–Trinajstić information content (AvgIpc) is 2.85. The van der Waals surface area contributed by atoms with E-state index in [1.54, 1.807) is 0 Å². The lowest BCUT2D eigenvalue weighted by Crippen LogP contribution is -2.35. The van der Waals surface area contributed by atoms with Crippen LogP contribution in [0, 0.1) is 0 Å². The summed E-state index contributed by atoms with van der Waals surface area (Å²) >= 11 is 0. The Morgan fingerprint density at radius 2 is 2.17 bits per heavy atom. The maximum Gasteiger partial charge on any atom is 0.0758 e. The molecule has 0 saturated carbocycles. The van der Waals surface area contributed by atoms with Crippen LogP contribution in [0.25, 0.3) is 0 Å². The molecular formula is C15H26N2O. The second-order valence-corrected chi connectivity index (χ2v) is 6.40. The lowest BCUT2D eigenvalue weighted by Gasteiger charge is -2.22. The van der Waals surface area contributed by atoms with Crippen molar-refractivity contribution in [2.24, 2.45) is 0 Å². The van der Waals surface area contributed by atoms with Crippen molar-refractivity contribution in [3.8, 4) is 0 Å². The lowest BCUT2D eigenvalue weighted by molar-refractivity contribution is 0.0453. The largest absolute Gasteiger partial charge is 0.373 e. The van der Waals surface area contributed by atoms with Crippen molar-refractivity contribution >= 4 is 0 Å². The minimum atomic E-state index is 0.160. The highest BCUT2D eigenvalue weighted by Crippen LogP contribution is 2.21. The van der Waals surface area contributed by atoms with Gasteiger partial charge in [0.15, 0.2) is 0 Å². The fourth-order valence-electron chi connectivity index (χ4n) is 2.38. The van der Waals surface area contributed by atoms with Crippen LogP contribution in [0.15, 0.2) is 18.3 Å². The molecule has 1 aliphatic heterocycles. The van der Waals surface area contributed by atoms with E-state index in [0.717, 1.165) is 13.1 Å². The topological polar surface area (TPSA) is 26.2 Å². The van der Waals surface area contributed by atoms with Gasteiger partial charge in [0.05, 0.1) is 12.2 Å². The highest BCUT2D eigenvalue weighted by atomic mass is 16.5. The van der Waals surface area contributed by atoms with Gasteiger partial charge in [0.25, 0.3) is 0 Å². The van der Waals surface area contributed by atoms with Crippen molar-refractivity contribution in [1.29, 1.82) is 0 Å². The summed E-state index contributed by atoms with van der Waals surface area (Å²) in [4.78, 5) is 0. The summed E-state index contributed by atoms with van der Waals surface area (Å²) in [6.07, 6.45) is 5.36. The van der Waals surface area contributed by atoms with E-state index in [2.05, 4.69) is 55.9 Å². The third-order valence-corrected chi connectivity index (χ3v) is 3.44. The first-order valence-corrected chi connectivity index (χ1v) is 6.98. The number of ether oxygens (including phenoxy) is 1. The van der Waals surface area contributed by atoms with Gasteiger partial charge in [-0.25, -0.2) is 0 Å². The molecule has 0 bridgehead atoms. The monoisotopic (exact) mass is 250 g/mol. The van der Waals surface area contributed by atoms with Crippen LogP contribution in [0.3, 0.4) is 0 Å². The summed E-state index contributed by atoms with van der Waals surface area (Å²) in [7, 11) is 0. The molecule has 2 unspecified atom stereocenters. The van der Waals surface area contributed by atoms with Crippen molar-refractivity contribution in [2.45, 2.75) is 71.4 Å². The summed E-state index contributed by atoms with van der Waals surface area (Å²) < 4.78 is 8.21. The predicted molar refractivity (Wildman–Crippen MR) is 74.6 cm³/mol. The highest BCUT2D eigenvalue weighted by Gasteiger charge is 2.22. The van der Waals surface area contributed by atoms with Gasteiger partial charge in [-0.2, -0.15) is 0 Å². The zero-order valence-corrected chi connectivity index (χ0v) is 12.1. The smallest absolute Gasteiger partial charge is 0.0758 e. The number of nitrogens with zero attached hydrogens (tertiary/aromatic N) is 1. The molecule has 2 atom stereocenters. The molecule has 1 saturated heterocycles. The first kappa shape index (κ1) is 13.6. The molecule has 2 rings (SSSR count). The molecule has 1 aromatic heterocycles. The third-order valence-electron chi connectivity index (χ3n) is 3.44. The summed E-state index contributed by atoms with van der Waals surface area (Å²) in [5.41, 5.74) is 1.50. The van der Waals surface area contributed by atoms with Gasteiger partial charge in [-0.05, 0) is 52.7 Å². The van der Waals surface area contributed by atoms with Gasteiger partial charge in [0.1, 0.15) is 0 Å². The van der Waals surface area contributed by atoms with Crippen molar-refractivity contribution in [1.82, 2.24) is 9.88 Å². The summed E-state index contributed by atoms with van der Waals surface area (Å²) in [6.45, 7) is 10.7. The summed E-state index contributed by atoms with van der Waals surface area (Å²) in [5.74, 6) is 0. The van der Waals surface area contributed by atoms with Crippen molar-refractivity contribution in [3.05, 3.63) is 24.0 Å². The fourth-order valence-corrected chi connectivity index (χ4v) is 2.38. The molecule has 0 aliphatic carbocycles. The van der Waals surface area contributed by atoms with E-state index in [-0.39, 0.29) is 5.54 Å². The quantitative estimate of drug-likeness (QED) is 0.889. The molecule has 18 heavy (non-hydrogen) atoms. The molecule has 0 spiro atoms. The molecule has 102 valence electrons. The molecule has 1 aromatic rings. The van der Waals surface area contributed by atoms with Gasteiger partial charge in [-0.3, -0.25) is 0 Å². The first-order chi connectivity index (χ1) is 8.44. The van der Waals surface area contributed by atoms with E-state index >= 15 is 0 Å². The number of nitrogens with one attached hydrogen (secondary N) is 1. The van der Waals surface area contributed by atoms with E-state index in [1.807, 2.05) is 0 Å². The molecular weight excluding hydrogens is 224 g/mol. The molecule has 1 N–H and O–H groups in total. The maximum atomic E-state index is 5.89. The number of hydrogen-bond acceptors (Lipinski definition) is 2. The maximum absolute atomic E-state index is 5.89. The van der Waals surface area contributed by atoms with Gasteiger partial charge in [-0.1, -0.05) is 0 Å². The van der Waals surface area contributed by atoms with Crippen LogP contribution in [-0.2, 0) is 17.8 Å². The van der Waals surface area contributed by atoms with Crippen molar-refractivity contribution in [2.75, 3.05) is 0 Å². The fraction of sp³-hybridized carbons (Fsp3) is 0.733. The summed E-state index contributed by atoms with van der Waals surface area (Å²) in [6, 6.07) is 4.31. The van der Waals surface area contributed by atoms with Gasteiger partial charge in [0, 0.05) is 30.5 Å². The van der Waals surface area contributed by atoms with Crippen LogP contribution in [-0.4, -0.2) is 22.3 Å². The zero-order chi connectivity index (χ0) is 13.2. The van der Waals surface area contributed by atoms with Crippen molar-refractivity contribution < 1.29 is 4.74 Å². The van der Waals surface area contributed by atoms with Gasteiger partial charge in [0.2, 0.25) is 0 Å². The molecule has 0 radical (unpaired) electrons. The second kappa shape index (κ2) is 5.45. The molecule has 0 aromatic carbocycles. The first-order valence-electron chi connectivity index (χ1n) is 6.98. The van der Waals surface area contributed by atoms with Crippen LogP contribution in [0.1, 0.15) is 46.2 Å². The van der Waals surface area contributed by atoms with Crippen LogP contribution >= 0.6 is 0 Å². The highest BCUT2D eigenvalue weighted by molar-refractivity contribution is 5.07. The van der Waals surface area contributed by atoms with Crippen LogP contribution < -0.4 is 5.32 Å². The lowest BCUT2D eigenvalue weighted by atomic mass is 10.1. The minimum absolute atomic E-state index is 0.160. The Kier molecular flexibility index (Phi) is 4.13. The summed E-state index contributed by atoms with van der Waals surface area (Å²) in [5, 5.41) is 3.54. The van der Waals surface area contributed by atoms with Crippen LogP contribution in [0.5, 0.6) is 0 Å². The SMILES string of the molecule is CC1CCC(Cn2cccc2CNC(C)(C)C)O1. The number of hydrogen-bond donors (Lipinski definition) is 1. The molecule has 1 fully saturated rings. The Labute approximate surface area is 111 Å². The average molecular weight is 250 g/mol. The van der Waals surface area contributed by atoms with E-state index < -0.39 is 0 Å². The van der Waals surface area contributed by atoms with Crippen LogP contribution in [0.2, 0.25) is 0 Å². The van der Waals surface area contributed by atoms with Crippen LogP contribution in [0.4, 0.5) is 0 Å². The Morgan fingerprint density at radius 1 is 1.39 bits per heavy atom. The Bertz CT molecular complexity index is 378. The molecule has 1 aliphatic rings. The third kappa shape index (κ3) is 3.85.